The lowest BCUT2D eigenvalue weighted by Crippen LogP contribution is -2.61. The number of ether oxygens (including phenoxy) is 1. The van der Waals surface area contributed by atoms with E-state index in [2.05, 4.69) is 0 Å². The third kappa shape index (κ3) is 3.00. The number of carbonyl (C=O) groups is 2. The first-order chi connectivity index (χ1) is 9.82. The minimum Gasteiger partial charge on any atom is -0.481 e. The molecule has 1 atom stereocenters. The summed E-state index contributed by atoms with van der Waals surface area (Å²) >= 11 is 0. The van der Waals surface area contributed by atoms with E-state index in [1.165, 1.54) is 0 Å². The van der Waals surface area contributed by atoms with E-state index >= 15 is 0 Å². The number of piperidine rings is 1. The number of amides is 2. The van der Waals surface area contributed by atoms with Gasteiger partial charge in [0, 0.05) is 19.6 Å². The summed E-state index contributed by atoms with van der Waals surface area (Å²) in [5.74, 6) is -0.788. The van der Waals surface area contributed by atoms with E-state index in [0.717, 1.165) is 6.42 Å². The zero-order valence-electron chi connectivity index (χ0n) is 13.2. The van der Waals surface area contributed by atoms with Crippen molar-refractivity contribution in [3.05, 3.63) is 0 Å². The predicted molar refractivity (Wildman–Crippen MR) is 78.2 cm³/mol. The average Bonchev–Trinajstić information content (AvgIpc) is 2.46. The fourth-order valence-electron chi connectivity index (χ4n) is 3.29. The third-order valence-corrected chi connectivity index (χ3v) is 4.85. The number of urea groups is 1. The molecule has 0 radical (unpaired) electrons. The van der Waals surface area contributed by atoms with Crippen LogP contribution in [0.5, 0.6) is 0 Å². The largest absolute Gasteiger partial charge is 0.481 e. The second kappa shape index (κ2) is 5.83. The second-order valence-corrected chi connectivity index (χ2v) is 6.76. The van der Waals surface area contributed by atoms with Gasteiger partial charge < -0.3 is 19.6 Å². The van der Waals surface area contributed by atoms with Crippen molar-refractivity contribution < 1.29 is 19.4 Å². The predicted octanol–water partition coefficient (Wildman–Crippen LogP) is 1.79. The van der Waals surface area contributed by atoms with Crippen molar-refractivity contribution in [2.24, 2.45) is 5.41 Å². The molecule has 0 aliphatic carbocycles. The maximum atomic E-state index is 12.8. The Morgan fingerprint density at radius 2 is 2.00 bits per heavy atom. The summed E-state index contributed by atoms with van der Waals surface area (Å²) < 4.78 is 5.45. The molecule has 21 heavy (non-hydrogen) atoms. The Morgan fingerprint density at radius 3 is 2.57 bits per heavy atom. The smallest absolute Gasteiger partial charge is 0.320 e. The van der Waals surface area contributed by atoms with Gasteiger partial charge in [-0.25, -0.2) is 4.79 Å². The van der Waals surface area contributed by atoms with Crippen molar-refractivity contribution in [1.82, 2.24) is 9.80 Å². The molecule has 0 spiro atoms. The summed E-state index contributed by atoms with van der Waals surface area (Å²) in [6.45, 7) is 8.43. The van der Waals surface area contributed by atoms with Crippen LogP contribution in [-0.2, 0) is 9.53 Å². The van der Waals surface area contributed by atoms with Crippen molar-refractivity contribution in [2.75, 3.05) is 32.8 Å². The first-order valence-corrected chi connectivity index (χ1v) is 7.70. The van der Waals surface area contributed by atoms with Gasteiger partial charge in [0.05, 0.1) is 24.2 Å². The highest BCUT2D eigenvalue weighted by atomic mass is 16.5. The maximum absolute atomic E-state index is 12.8. The zero-order chi connectivity index (χ0) is 15.7. The van der Waals surface area contributed by atoms with Crippen molar-refractivity contribution in [2.45, 2.75) is 45.6 Å². The highest BCUT2D eigenvalue weighted by Gasteiger charge is 2.44. The molecular formula is C15H26N2O4. The lowest BCUT2D eigenvalue weighted by molar-refractivity contribution is -0.152. The zero-order valence-corrected chi connectivity index (χ0v) is 13.2. The van der Waals surface area contributed by atoms with Crippen LogP contribution < -0.4 is 0 Å². The van der Waals surface area contributed by atoms with E-state index in [4.69, 9.17) is 4.74 Å². The topological polar surface area (TPSA) is 70.1 Å². The minimum atomic E-state index is -0.788. The van der Waals surface area contributed by atoms with Crippen LogP contribution in [0.15, 0.2) is 0 Å². The Morgan fingerprint density at radius 1 is 1.29 bits per heavy atom. The molecule has 2 heterocycles. The molecule has 0 saturated carbocycles. The molecule has 2 aliphatic heterocycles. The van der Waals surface area contributed by atoms with Gasteiger partial charge in [0.2, 0.25) is 0 Å². The van der Waals surface area contributed by atoms with Crippen LogP contribution in [0.4, 0.5) is 4.79 Å². The first kappa shape index (κ1) is 16.1. The normalized spacial score (nSPS) is 29.3. The van der Waals surface area contributed by atoms with Crippen LogP contribution >= 0.6 is 0 Å². The van der Waals surface area contributed by atoms with Crippen molar-refractivity contribution in [1.29, 1.82) is 0 Å². The van der Waals surface area contributed by atoms with E-state index in [1.54, 1.807) is 4.90 Å². The van der Waals surface area contributed by atoms with Gasteiger partial charge in [-0.2, -0.15) is 0 Å². The molecule has 6 heteroatoms. The molecule has 1 unspecified atom stereocenters. The number of nitrogens with zero attached hydrogens (tertiary/aromatic N) is 2. The summed E-state index contributed by atoms with van der Waals surface area (Å²) in [6.07, 6.45) is 1.95. The molecule has 2 saturated heterocycles. The van der Waals surface area contributed by atoms with Gasteiger partial charge in [-0.1, -0.05) is 6.92 Å². The molecule has 0 aromatic rings. The molecule has 2 aliphatic rings. The molecule has 0 aromatic heterocycles. The van der Waals surface area contributed by atoms with Gasteiger partial charge in [0.1, 0.15) is 0 Å². The Hall–Kier alpha value is -1.30. The fraction of sp³-hybridized carbons (Fsp3) is 0.867. The summed E-state index contributed by atoms with van der Waals surface area (Å²) in [4.78, 5) is 27.9. The molecule has 1 N–H and O–H groups in total. The summed E-state index contributed by atoms with van der Waals surface area (Å²) in [5, 5.41) is 9.53. The maximum Gasteiger partial charge on any atom is 0.320 e. The first-order valence-electron chi connectivity index (χ1n) is 7.70. The number of likely N-dealkylation sites (tertiary alicyclic amines) is 1. The van der Waals surface area contributed by atoms with Gasteiger partial charge in [-0.3, -0.25) is 4.79 Å². The van der Waals surface area contributed by atoms with E-state index in [-0.39, 0.29) is 11.6 Å². The van der Waals surface area contributed by atoms with Crippen LogP contribution in [0.3, 0.4) is 0 Å². The van der Waals surface area contributed by atoms with Crippen LogP contribution in [0, 0.1) is 5.41 Å². The number of carboxylic acid groups (broad SMARTS) is 1. The quantitative estimate of drug-likeness (QED) is 0.844. The van der Waals surface area contributed by atoms with Gasteiger partial charge in [-0.05, 0) is 33.1 Å². The summed E-state index contributed by atoms with van der Waals surface area (Å²) in [5.41, 5.74) is -1.13. The van der Waals surface area contributed by atoms with Gasteiger partial charge >= 0.3 is 12.0 Å². The van der Waals surface area contributed by atoms with E-state index < -0.39 is 11.4 Å². The Labute approximate surface area is 126 Å². The van der Waals surface area contributed by atoms with Crippen LogP contribution in [0.2, 0.25) is 0 Å². The van der Waals surface area contributed by atoms with E-state index in [1.807, 2.05) is 25.7 Å². The highest BCUT2D eigenvalue weighted by Crippen LogP contribution is 2.34. The molecule has 6 nitrogen and oxygen atoms in total. The van der Waals surface area contributed by atoms with Crippen LogP contribution in [0.1, 0.15) is 40.0 Å². The average molecular weight is 298 g/mol. The number of carbonyl (C=O) groups excluding carboxylic acids is 1. The second-order valence-electron chi connectivity index (χ2n) is 6.76. The van der Waals surface area contributed by atoms with Crippen molar-refractivity contribution in [3.8, 4) is 0 Å². The number of aliphatic carboxylic acids is 1. The van der Waals surface area contributed by atoms with Gasteiger partial charge in [0.25, 0.3) is 0 Å². The Kier molecular flexibility index (Phi) is 4.46. The monoisotopic (exact) mass is 298 g/mol. The van der Waals surface area contributed by atoms with E-state index in [0.29, 0.717) is 45.7 Å². The molecule has 120 valence electrons. The molecular weight excluding hydrogens is 272 g/mol. The molecule has 0 aromatic carbocycles. The number of hydrogen-bond acceptors (Lipinski definition) is 3. The van der Waals surface area contributed by atoms with Gasteiger partial charge in [0.15, 0.2) is 0 Å². The Bertz CT molecular complexity index is 424. The Balaban J connectivity index is 2.13. The van der Waals surface area contributed by atoms with E-state index in [9.17, 15) is 14.7 Å². The van der Waals surface area contributed by atoms with Crippen LogP contribution in [0.25, 0.3) is 0 Å². The molecule has 2 fully saturated rings. The summed E-state index contributed by atoms with van der Waals surface area (Å²) in [6, 6.07) is -0.0536. The summed E-state index contributed by atoms with van der Waals surface area (Å²) in [7, 11) is 0. The number of carboxylic acids is 1. The molecule has 0 bridgehead atoms. The lowest BCUT2D eigenvalue weighted by Gasteiger charge is -2.47. The number of rotatable bonds is 2. The van der Waals surface area contributed by atoms with Crippen molar-refractivity contribution in [3.63, 3.8) is 0 Å². The highest BCUT2D eigenvalue weighted by molar-refractivity contribution is 5.79. The van der Waals surface area contributed by atoms with Crippen molar-refractivity contribution >= 4 is 12.0 Å². The molecule has 2 amide bonds. The fourth-order valence-corrected chi connectivity index (χ4v) is 3.29. The van der Waals surface area contributed by atoms with Gasteiger partial charge in [-0.15, -0.1) is 0 Å². The third-order valence-electron chi connectivity index (χ3n) is 4.85. The SMILES string of the molecule is CCC1(C(=O)O)CCCN(C(=O)N2CCOCC2(C)C)C1. The number of hydrogen-bond donors (Lipinski definition) is 1. The molecule has 2 rings (SSSR count). The number of morpholine rings is 1. The van der Waals surface area contributed by atoms with Crippen LogP contribution in [-0.4, -0.2) is 65.3 Å². The minimum absolute atomic E-state index is 0.0536. The lowest BCUT2D eigenvalue weighted by atomic mass is 9.77. The standard InChI is InChI=1S/C15H26N2O4/c1-4-15(12(18)19)6-5-7-16(10-15)13(20)17-8-9-21-11-14(17,2)3/h4-11H2,1-3H3,(H,18,19).